The average Bonchev–Trinajstić information content (AvgIpc) is 2.62. The van der Waals surface area contributed by atoms with E-state index in [0.29, 0.717) is 23.8 Å². The van der Waals surface area contributed by atoms with Crippen molar-refractivity contribution < 1.29 is 19.0 Å². The molecule has 0 saturated carbocycles. The maximum absolute atomic E-state index is 12.3. The molecule has 0 fully saturated rings. The van der Waals surface area contributed by atoms with Crippen LogP contribution in [0.2, 0.25) is 0 Å². The topological polar surface area (TPSA) is 48.0 Å². The molecule has 0 atom stereocenters. The summed E-state index contributed by atoms with van der Waals surface area (Å²) in [5.74, 6) is 1.93. The van der Waals surface area contributed by atoms with E-state index in [9.17, 15) is 4.79 Å². The molecule has 0 N–H and O–H groups in total. The molecule has 2 rings (SSSR count). The van der Waals surface area contributed by atoms with Crippen LogP contribution >= 0.6 is 0 Å². The summed E-state index contributed by atoms with van der Waals surface area (Å²) in [5.41, 5.74) is 3.30. The molecule has 134 valence electrons. The highest BCUT2D eigenvalue weighted by Gasteiger charge is 2.12. The Hall–Kier alpha value is -2.69. The highest BCUT2D eigenvalue weighted by atomic mass is 16.5. The summed E-state index contributed by atoms with van der Waals surface area (Å²) >= 11 is 0. The van der Waals surface area contributed by atoms with Crippen molar-refractivity contribution in [2.24, 2.45) is 0 Å². The molecule has 2 aromatic carbocycles. The van der Waals surface area contributed by atoms with Gasteiger partial charge in [-0.05, 0) is 54.8 Å². The lowest BCUT2D eigenvalue weighted by Gasteiger charge is -2.18. The van der Waals surface area contributed by atoms with Gasteiger partial charge in [-0.25, -0.2) is 0 Å². The molecule has 5 heteroatoms. The van der Waals surface area contributed by atoms with Gasteiger partial charge in [-0.1, -0.05) is 12.1 Å². The van der Waals surface area contributed by atoms with Gasteiger partial charge in [0.25, 0.3) is 5.91 Å². The Kier molecular flexibility index (Phi) is 6.28. The van der Waals surface area contributed by atoms with Gasteiger partial charge in [-0.15, -0.1) is 0 Å². The number of ether oxygens (including phenoxy) is 3. The van der Waals surface area contributed by atoms with Crippen LogP contribution in [0.25, 0.3) is 0 Å². The van der Waals surface area contributed by atoms with E-state index in [4.69, 9.17) is 14.2 Å². The number of carbonyl (C=O) groups excluding carboxylic acids is 1. The summed E-state index contributed by atoms with van der Waals surface area (Å²) in [7, 11) is 4.94. The second-order valence-corrected chi connectivity index (χ2v) is 5.97. The molecule has 0 radical (unpaired) electrons. The first-order valence-electron chi connectivity index (χ1n) is 8.09. The maximum atomic E-state index is 12.3. The highest BCUT2D eigenvalue weighted by Crippen LogP contribution is 2.28. The van der Waals surface area contributed by atoms with Crippen molar-refractivity contribution >= 4 is 5.91 Å². The minimum Gasteiger partial charge on any atom is -0.493 e. The van der Waals surface area contributed by atoms with E-state index in [2.05, 4.69) is 0 Å². The van der Waals surface area contributed by atoms with Gasteiger partial charge in [0.2, 0.25) is 0 Å². The fourth-order valence-corrected chi connectivity index (χ4v) is 2.40. The molecule has 0 spiro atoms. The quantitative estimate of drug-likeness (QED) is 0.773. The Morgan fingerprint density at radius 3 is 2.32 bits per heavy atom. The van der Waals surface area contributed by atoms with Gasteiger partial charge in [-0.2, -0.15) is 0 Å². The van der Waals surface area contributed by atoms with Crippen molar-refractivity contribution in [3.05, 3.63) is 53.1 Å². The van der Waals surface area contributed by atoms with Crippen LogP contribution in [0.3, 0.4) is 0 Å². The SMILES string of the molecule is COc1ccc(CN(C)C(=O)COc2ccc(C)c(C)c2)cc1OC. The predicted molar refractivity (Wildman–Crippen MR) is 97.4 cm³/mol. The number of hydrogen-bond donors (Lipinski definition) is 0. The van der Waals surface area contributed by atoms with Gasteiger partial charge in [0.05, 0.1) is 14.2 Å². The molecule has 0 aliphatic carbocycles. The summed E-state index contributed by atoms with van der Waals surface area (Å²) < 4.78 is 16.1. The van der Waals surface area contributed by atoms with Crippen LogP contribution in [0, 0.1) is 13.8 Å². The third-order valence-electron chi connectivity index (χ3n) is 4.13. The summed E-state index contributed by atoms with van der Waals surface area (Å²) in [6.45, 7) is 4.54. The van der Waals surface area contributed by atoms with E-state index in [1.165, 1.54) is 5.56 Å². The van der Waals surface area contributed by atoms with Crippen LogP contribution in [0.15, 0.2) is 36.4 Å². The minimum atomic E-state index is -0.0898. The van der Waals surface area contributed by atoms with Crippen molar-refractivity contribution in [2.75, 3.05) is 27.9 Å². The lowest BCUT2D eigenvalue weighted by molar-refractivity contribution is -0.132. The Bertz CT molecular complexity index is 742. The van der Waals surface area contributed by atoms with Gasteiger partial charge >= 0.3 is 0 Å². The molecule has 0 unspecified atom stereocenters. The number of amides is 1. The highest BCUT2D eigenvalue weighted by molar-refractivity contribution is 5.77. The van der Waals surface area contributed by atoms with E-state index in [1.54, 1.807) is 26.2 Å². The number of carbonyl (C=O) groups is 1. The fourth-order valence-electron chi connectivity index (χ4n) is 2.40. The Morgan fingerprint density at radius 2 is 1.68 bits per heavy atom. The smallest absolute Gasteiger partial charge is 0.260 e. The number of hydrogen-bond acceptors (Lipinski definition) is 4. The molecule has 0 aliphatic rings. The second-order valence-electron chi connectivity index (χ2n) is 5.97. The second kappa shape index (κ2) is 8.42. The summed E-state index contributed by atoms with van der Waals surface area (Å²) in [4.78, 5) is 13.9. The predicted octanol–water partition coefficient (Wildman–Crippen LogP) is 3.36. The minimum absolute atomic E-state index is 0.00624. The lowest BCUT2D eigenvalue weighted by Crippen LogP contribution is -2.31. The van der Waals surface area contributed by atoms with Crippen molar-refractivity contribution in [2.45, 2.75) is 20.4 Å². The lowest BCUT2D eigenvalue weighted by atomic mass is 10.1. The third-order valence-corrected chi connectivity index (χ3v) is 4.13. The van der Waals surface area contributed by atoms with E-state index in [0.717, 1.165) is 11.1 Å². The molecule has 2 aromatic rings. The molecular formula is C20H25NO4. The molecule has 0 aliphatic heterocycles. The van der Waals surface area contributed by atoms with Gasteiger partial charge in [0.1, 0.15) is 5.75 Å². The van der Waals surface area contributed by atoms with E-state index in [-0.39, 0.29) is 12.5 Å². The number of nitrogens with zero attached hydrogens (tertiary/aromatic N) is 1. The summed E-state index contributed by atoms with van der Waals surface area (Å²) in [5, 5.41) is 0. The Morgan fingerprint density at radius 1 is 0.960 bits per heavy atom. The van der Waals surface area contributed by atoms with Gasteiger partial charge in [0, 0.05) is 13.6 Å². The molecular weight excluding hydrogens is 318 g/mol. The molecule has 25 heavy (non-hydrogen) atoms. The summed E-state index contributed by atoms with van der Waals surface area (Å²) in [6.07, 6.45) is 0. The molecule has 1 amide bonds. The van der Waals surface area contributed by atoms with Gasteiger partial charge < -0.3 is 19.1 Å². The first-order valence-corrected chi connectivity index (χ1v) is 8.09. The van der Waals surface area contributed by atoms with Crippen LogP contribution in [0.5, 0.6) is 17.2 Å². The van der Waals surface area contributed by atoms with E-state index in [1.807, 2.05) is 50.2 Å². The van der Waals surface area contributed by atoms with Crippen molar-refractivity contribution in [1.82, 2.24) is 4.90 Å². The average molecular weight is 343 g/mol. The van der Waals surface area contributed by atoms with Crippen LogP contribution in [0.4, 0.5) is 0 Å². The van der Waals surface area contributed by atoms with Crippen LogP contribution in [-0.4, -0.2) is 38.7 Å². The summed E-state index contributed by atoms with van der Waals surface area (Å²) in [6, 6.07) is 11.4. The van der Waals surface area contributed by atoms with Gasteiger partial charge in [-0.3, -0.25) is 4.79 Å². The Labute approximate surface area is 149 Å². The standard InChI is InChI=1S/C20H25NO4/c1-14-6-8-17(10-15(14)2)25-13-20(22)21(3)12-16-7-9-18(23-4)19(11-16)24-5/h6-11H,12-13H2,1-5H3. The van der Waals surface area contributed by atoms with Crippen molar-refractivity contribution in [3.8, 4) is 17.2 Å². The zero-order valence-electron chi connectivity index (χ0n) is 15.5. The molecule has 0 aromatic heterocycles. The van der Waals surface area contributed by atoms with Gasteiger partial charge in [0.15, 0.2) is 18.1 Å². The molecule has 0 heterocycles. The number of methoxy groups -OCH3 is 2. The Balaban J connectivity index is 1.94. The van der Waals surface area contributed by atoms with Crippen molar-refractivity contribution in [1.29, 1.82) is 0 Å². The van der Waals surface area contributed by atoms with E-state index >= 15 is 0 Å². The first-order chi connectivity index (χ1) is 11.9. The normalized spacial score (nSPS) is 10.3. The largest absolute Gasteiger partial charge is 0.493 e. The number of aryl methyl sites for hydroxylation is 2. The molecule has 0 saturated heterocycles. The maximum Gasteiger partial charge on any atom is 0.260 e. The van der Waals surface area contributed by atoms with Crippen molar-refractivity contribution in [3.63, 3.8) is 0 Å². The molecule has 5 nitrogen and oxygen atoms in total. The van der Waals surface area contributed by atoms with Crippen LogP contribution < -0.4 is 14.2 Å². The van der Waals surface area contributed by atoms with Crippen LogP contribution in [-0.2, 0) is 11.3 Å². The zero-order valence-corrected chi connectivity index (χ0v) is 15.5. The number of benzene rings is 2. The zero-order chi connectivity index (χ0) is 18.4. The molecule has 0 bridgehead atoms. The van der Waals surface area contributed by atoms with E-state index < -0.39 is 0 Å². The first kappa shape index (κ1) is 18.6. The number of likely N-dealkylation sites (N-methyl/N-ethyl adjacent to an activating group) is 1. The number of rotatable bonds is 7. The van der Waals surface area contributed by atoms with Crippen LogP contribution in [0.1, 0.15) is 16.7 Å². The monoisotopic (exact) mass is 343 g/mol. The third kappa shape index (κ3) is 4.89. The fraction of sp³-hybridized carbons (Fsp3) is 0.350.